The summed E-state index contributed by atoms with van der Waals surface area (Å²) in [4.78, 5) is 0. The molecule has 0 heterocycles. The molecule has 1 aliphatic rings. The molecule has 17 heavy (non-hydrogen) atoms. The maximum absolute atomic E-state index is 3.75. The summed E-state index contributed by atoms with van der Waals surface area (Å²) in [5.74, 6) is 0. The van der Waals surface area contributed by atoms with Crippen LogP contribution in [0.25, 0.3) is 5.57 Å². The molecule has 0 heteroatoms. The van der Waals surface area contributed by atoms with Crippen LogP contribution in [0.4, 0.5) is 0 Å². The number of rotatable bonds is 2. The van der Waals surface area contributed by atoms with Gasteiger partial charge in [-0.05, 0) is 36.1 Å². The quantitative estimate of drug-likeness (QED) is 0.633. The van der Waals surface area contributed by atoms with Crippen molar-refractivity contribution in [2.45, 2.75) is 33.1 Å². The highest BCUT2D eigenvalue weighted by Gasteiger charge is 2.34. The highest BCUT2D eigenvalue weighted by Crippen LogP contribution is 2.46. The molecule has 1 aromatic carbocycles. The average molecular weight is 224 g/mol. The van der Waals surface area contributed by atoms with Gasteiger partial charge in [-0.25, -0.2) is 0 Å². The lowest BCUT2D eigenvalue weighted by Crippen LogP contribution is -2.16. The van der Waals surface area contributed by atoms with Crippen LogP contribution >= 0.6 is 0 Å². The molecular formula is C17H20. The maximum Gasteiger partial charge on any atom is 0.0155 e. The second-order valence-corrected chi connectivity index (χ2v) is 5.31. The van der Waals surface area contributed by atoms with Gasteiger partial charge in [-0.2, -0.15) is 0 Å². The smallest absolute Gasteiger partial charge is 0.0155 e. The summed E-state index contributed by atoms with van der Waals surface area (Å²) in [5, 5.41) is 0. The predicted molar refractivity (Wildman–Crippen MR) is 76.1 cm³/mol. The molecule has 0 bridgehead atoms. The summed E-state index contributed by atoms with van der Waals surface area (Å²) in [7, 11) is 0. The first-order valence-electron chi connectivity index (χ1n) is 6.10. The van der Waals surface area contributed by atoms with E-state index in [1.807, 2.05) is 12.2 Å². The molecule has 1 aliphatic carbocycles. The Kier molecular flexibility index (Phi) is 2.82. The van der Waals surface area contributed by atoms with Gasteiger partial charge in [0.05, 0.1) is 0 Å². The number of hydrogen-bond donors (Lipinski definition) is 0. The third-order valence-corrected chi connectivity index (χ3v) is 3.73. The zero-order valence-corrected chi connectivity index (χ0v) is 11.2. The predicted octanol–water partition coefficient (Wildman–Crippen LogP) is 4.80. The number of allylic oxidation sites excluding steroid dienone is 5. The first-order valence-corrected chi connectivity index (χ1v) is 6.10. The van der Waals surface area contributed by atoms with Crippen molar-refractivity contribution in [3.8, 4) is 0 Å². The van der Waals surface area contributed by atoms with E-state index in [0.29, 0.717) is 0 Å². The van der Waals surface area contributed by atoms with E-state index in [2.05, 4.69) is 58.5 Å². The van der Waals surface area contributed by atoms with Gasteiger partial charge in [-0.3, -0.25) is 0 Å². The third kappa shape index (κ3) is 1.78. The van der Waals surface area contributed by atoms with Gasteiger partial charge in [0, 0.05) is 5.41 Å². The minimum atomic E-state index is 0.104. The fraction of sp³-hybridized carbons (Fsp3) is 0.294. The third-order valence-electron chi connectivity index (χ3n) is 3.73. The Hall–Kier alpha value is -1.56. The molecule has 0 N–H and O–H groups in total. The van der Waals surface area contributed by atoms with Crippen LogP contribution in [0.1, 0.15) is 37.5 Å². The van der Waals surface area contributed by atoms with Crippen molar-refractivity contribution in [3.05, 3.63) is 65.3 Å². The monoisotopic (exact) mass is 224 g/mol. The molecule has 0 nitrogen and oxygen atoms in total. The van der Waals surface area contributed by atoms with Crippen molar-refractivity contribution in [1.29, 1.82) is 0 Å². The van der Waals surface area contributed by atoms with Crippen LogP contribution in [0.3, 0.4) is 0 Å². The Labute approximate surface area is 104 Å². The maximum atomic E-state index is 3.75. The molecular weight excluding hydrogens is 204 g/mol. The van der Waals surface area contributed by atoms with Crippen LogP contribution in [0.15, 0.2) is 48.6 Å². The van der Waals surface area contributed by atoms with Gasteiger partial charge in [-0.1, -0.05) is 62.4 Å². The molecule has 0 fully saturated rings. The van der Waals surface area contributed by atoms with Gasteiger partial charge in [-0.15, -0.1) is 0 Å². The van der Waals surface area contributed by atoms with Crippen molar-refractivity contribution in [1.82, 2.24) is 0 Å². The molecule has 2 rings (SSSR count). The van der Waals surface area contributed by atoms with Crippen LogP contribution in [-0.2, 0) is 5.41 Å². The van der Waals surface area contributed by atoms with E-state index >= 15 is 0 Å². The highest BCUT2D eigenvalue weighted by atomic mass is 14.4. The SMILES string of the molecule is C=C/C=C\C1=C(C)c2cc(C)ccc2C1(C)C. The summed E-state index contributed by atoms with van der Waals surface area (Å²) in [6, 6.07) is 6.76. The van der Waals surface area contributed by atoms with Crippen LogP contribution in [0, 0.1) is 6.92 Å². The molecule has 88 valence electrons. The van der Waals surface area contributed by atoms with E-state index in [0.717, 1.165) is 0 Å². The van der Waals surface area contributed by atoms with E-state index in [1.165, 1.54) is 27.8 Å². The van der Waals surface area contributed by atoms with Crippen molar-refractivity contribution >= 4 is 5.57 Å². The largest absolute Gasteiger partial charge is 0.0991 e. The molecule has 0 aliphatic heterocycles. The fourth-order valence-electron chi connectivity index (χ4n) is 2.77. The second kappa shape index (κ2) is 4.03. The van der Waals surface area contributed by atoms with E-state index < -0.39 is 0 Å². The molecule has 0 unspecified atom stereocenters. The van der Waals surface area contributed by atoms with Gasteiger partial charge < -0.3 is 0 Å². The summed E-state index contributed by atoms with van der Waals surface area (Å²) in [5.41, 5.74) is 7.06. The molecule has 0 amide bonds. The van der Waals surface area contributed by atoms with Crippen LogP contribution in [0.5, 0.6) is 0 Å². The lowest BCUT2D eigenvalue weighted by molar-refractivity contribution is 0.654. The molecule has 0 atom stereocenters. The summed E-state index contributed by atoms with van der Waals surface area (Å²) in [6.07, 6.45) is 6.06. The normalized spacial score (nSPS) is 17.6. The summed E-state index contributed by atoms with van der Waals surface area (Å²) in [6.45, 7) is 12.7. The topological polar surface area (TPSA) is 0 Å². The molecule has 0 radical (unpaired) electrons. The van der Waals surface area contributed by atoms with Crippen molar-refractivity contribution in [2.75, 3.05) is 0 Å². The summed E-state index contributed by atoms with van der Waals surface area (Å²) >= 11 is 0. The van der Waals surface area contributed by atoms with Crippen molar-refractivity contribution < 1.29 is 0 Å². The van der Waals surface area contributed by atoms with Crippen LogP contribution in [-0.4, -0.2) is 0 Å². The lowest BCUT2D eigenvalue weighted by Gasteiger charge is -2.22. The summed E-state index contributed by atoms with van der Waals surface area (Å²) < 4.78 is 0. The standard InChI is InChI=1S/C17H20/c1-6-7-8-15-13(3)14-11-12(2)9-10-16(14)17(15,4)5/h6-11H,1H2,2-5H3/b8-7-. The van der Waals surface area contributed by atoms with Gasteiger partial charge in [0.25, 0.3) is 0 Å². The van der Waals surface area contributed by atoms with Gasteiger partial charge in [0.1, 0.15) is 0 Å². The molecule has 0 saturated carbocycles. The van der Waals surface area contributed by atoms with Gasteiger partial charge >= 0.3 is 0 Å². The van der Waals surface area contributed by atoms with E-state index in [-0.39, 0.29) is 5.41 Å². The Bertz CT molecular complexity index is 525. The first-order chi connectivity index (χ1) is 7.98. The minimum Gasteiger partial charge on any atom is -0.0991 e. The Morgan fingerprint density at radius 2 is 1.88 bits per heavy atom. The lowest BCUT2D eigenvalue weighted by atomic mass is 9.81. The molecule has 0 saturated heterocycles. The Balaban J connectivity index is 2.64. The molecule has 0 aromatic heterocycles. The minimum absolute atomic E-state index is 0.104. The van der Waals surface area contributed by atoms with Gasteiger partial charge in [0.2, 0.25) is 0 Å². The molecule has 0 spiro atoms. The average Bonchev–Trinajstić information content (AvgIpc) is 2.45. The van der Waals surface area contributed by atoms with Crippen molar-refractivity contribution in [3.63, 3.8) is 0 Å². The number of benzene rings is 1. The second-order valence-electron chi connectivity index (χ2n) is 5.31. The van der Waals surface area contributed by atoms with Crippen LogP contribution in [0.2, 0.25) is 0 Å². The van der Waals surface area contributed by atoms with E-state index in [1.54, 1.807) is 0 Å². The number of fused-ring (bicyclic) bond motifs is 1. The van der Waals surface area contributed by atoms with E-state index in [9.17, 15) is 0 Å². The number of aryl methyl sites for hydroxylation is 1. The van der Waals surface area contributed by atoms with Gasteiger partial charge in [0.15, 0.2) is 0 Å². The molecule has 1 aromatic rings. The fourth-order valence-corrected chi connectivity index (χ4v) is 2.77. The van der Waals surface area contributed by atoms with Crippen molar-refractivity contribution in [2.24, 2.45) is 0 Å². The highest BCUT2D eigenvalue weighted by molar-refractivity contribution is 5.81. The zero-order valence-electron chi connectivity index (χ0n) is 11.2. The van der Waals surface area contributed by atoms with E-state index in [4.69, 9.17) is 0 Å². The Morgan fingerprint density at radius 1 is 1.18 bits per heavy atom. The zero-order chi connectivity index (χ0) is 12.6. The first kappa shape index (κ1) is 11.9. The van der Waals surface area contributed by atoms with Crippen LogP contribution < -0.4 is 0 Å². The number of hydrogen-bond acceptors (Lipinski definition) is 0. The Morgan fingerprint density at radius 3 is 2.53 bits per heavy atom.